The van der Waals surface area contributed by atoms with Crippen molar-refractivity contribution in [2.75, 3.05) is 26.7 Å². The summed E-state index contributed by atoms with van der Waals surface area (Å²) in [6.07, 6.45) is 0. The van der Waals surface area contributed by atoms with E-state index in [0.29, 0.717) is 5.37 Å². The molecule has 3 heteroatoms. The molecule has 1 aliphatic heterocycles. The molecule has 1 heterocycles. The van der Waals surface area contributed by atoms with Crippen molar-refractivity contribution in [2.45, 2.75) is 5.37 Å². The summed E-state index contributed by atoms with van der Waals surface area (Å²) in [7, 11) is 2.10. The first kappa shape index (κ1) is 6.39. The van der Waals surface area contributed by atoms with Crippen molar-refractivity contribution < 1.29 is 0 Å². The van der Waals surface area contributed by atoms with E-state index >= 15 is 0 Å². The van der Waals surface area contributed by atoms with Gasteiger partial charge in [0.1, 0.15) is 0 Å². The zero-order valence-electron chi connectivity index (χ0n) is 5.09. The molecule has 8 heavy (non-hydrogen) atoms. The van der Waals surface area contributed by atoms with Gasteiger partial charge in [-0.15, -0.1) is 0 Å². The maximum Gasteiger partial charge on any atom is 0.0651 e. The molecule has 0 saturated carbocycles. The number of nitrogens with zero attached hydrogens (tertiary/aromatic N) is 1. The van der Waals surface area contributed by atoms with Crippen molar-refractivity contribution in [2.24, 2.45) is 0 Å². The minimum Gasteiger partial charge on any atom is -0.313 e. The summed E-state index contributed by atoms with van der Waals surface area (Å²) >= 11 is 4.32. The molecule has 1 rings (SSSR count). The normalized spacial score (nSPS) is 33.0. The second-order valence-electron chi connectivity index (χ2n) is 2.17. The molecule has 1 N–H and O–H groups in total. The molecule has 0 aromatic carbocycles. The Kier molecular flexibility index (Phi) is 2.16. The molecule has 1 atom stereocenters. The van der Waals surface area contributed by atoms with Gasteiger partial charge in [0.05, 0.1) is 5.37 Å². The molecule has 48 valence electrons. The van der Waals surface area contributed by atoms with E-state index in [-0.39, 0.29) is 0 Å². The molecule has 1 unspecified atom stereocenters. The molecule has 0 aliphatic carbocycles. The second-order valence-corrected chi connectivity index (χ2v) is 2.76. The van der Waals surface area contributed by atoms with Crippen molar-refractivity contribution in [3.8, 4) is 0 Å². The Morgan fingerprint density at radius 3 is 2.88 bits per heavy atom. The van der Waals surface area contributed by atoms with E-state index in [9.17, 15) is 0 Å². The second kappa shape index (κ2) is 2.71. The number of thiol groups is 1. The standard InChI is InChI=1S/C5H12N2S/c1-7-3-2-6-4-5(7)8/h5-6,8H,2-4H2,1H3. The lowest BCUT2D eigenvalue weighted by Gasteiger charge is -2.29. The third-order valence-electron chi connectivity index (χ3n) is 1.48. The Morgan fingerprint density at radius 1 is 1.75 bits per heavy atom. The Hall–Kier alpha value is 0.270. The molecule has 0 radical (unpaired) electrons. The van der Waals surface area contributed by atoms with Crippen LogP contribution in [0.25, 0.3) is 0 Å². The van der Waals surface area contributed by atoms with E-state index in [2.05, 4.69) is 29.9 Å². The van der Waals surface area contributed by atoms with Crippen LogP contribution in [0.15, 0.2) is 0 Å². The van der Waals surface area contributed by atoms with Gasteiger partial charge in [-0.05, 0) is 7.05 Å². The summed E-state index contributed by atoms with van der Waals surface area (Å²) in [5, 5.41) is 3.67. The first-order valence-corrected chi connectivity index (χ1v) is 3.41. The van der Waals surface area contributed by atoms with Crippen molar-refractivity contribution in [3.63, 3.8) is 0 Å². The van der Waals surface area contributed by atoms with Crippen LogP contribution in [0.3, 0.4) is 0 Å². The van der Waals surface area contributed by atoms with Gasteiger partial charge in [0.25, 0.3) is 0 Å². The lowest BCUT2D eigenvalue weighted by Crippen LogP contribution is -2.46. The summed E-state index contributed by atoms with van der Waals surface area (Å²) in [5.74, 6) is 0. The van der Waals surface area contributed by atoms with Crippen LogP contribution in [0.2, 0.25) is 0 Å². The Bertz CT molecular complexity index is 66.8. The van der Waals surface area contributed by atoms with Crippen LogP contribution in [-0.4, -0.2) is 37.0 Å². The molecular weight excluding hydrogens is 120 g/mol. The molecule has 0 bridgehead atoms. The summed E-state index contributed by atoms with van der Waals surface area (Å²) in [6.45, 7) is 3.24. The summed E-state index contributed by atoms with van der Waals surface area (Å²) in [4.78, 5) is 2.24. The van der Waals surface area contributed by atoms with Gasteiger partial charge in [-0.1, -0.05) is 0 Å². The first-order chi connectivity index (χ1) is 3.80. The van der Waals surface area contributed by atoms with Crippen LogP contribution in [-0.2, 0) is 0 Å². The third-order valence-corrected chi connectivity index (χ3v) is 2.05. The smallest absolute Gasteiger partial charge is 0.0651 e. The zero-order chi connectivity index (χ0) is 5.98. The summed E-state index contributed by atoms with van der Waals surface area (Å²) < 4.78 is 0. The predicted molar refractivity (Wildman–Crippen MR) is 38.3 cm³/mol. The molecule has 0 aromatic rings. The van der Waals surface area contributed by atoms with Crippen molar-refractivity contribution in [1.29, 1.82) is 0 Å². The van der Waals surface area contributed by atoms with Crippen LogP contribution in [0.1, 0.15) is 0 Å². The van der Waals surface area contributed by atoms with Crippen molar-refractivity contribution in [1.82, 2.24) is 10.2 Å². The molecule has 2 nitrogen and oxygen atoms in total. The maximum absolute atomic E-state index is 4.32. The van der Waals surface area contributed by atoms with Crippen LogP contribution in [0.5, 0.6) is 0 Å². The van der Waals surface area contributed by atoms with Gasteiger partial charge in [0.2, 0.25) is 0 Å². The van der Waals surface area contributed by atoms with E-state index in [1.807, 2.05) is 0 Å². The van der Waals surface area contributed by atoms with Crippen molar-refractivity contribution in [3.05, 3.63) is 0 Å². The minimum absolute atomic E-state index is 0.420. The lowest BCUT2D eigenvalue weighted by molar-refractivity contribution is 0.267. The third kappa shape index (κ3) is 1.37. The number of hydrogen-bond donors (Lipinski definition) is 2. The SMILES string of the molecule is CN1CCNCC1S. The molecule has 0 amide bonds. The fourth-order valence-corrected chi connectivity index (χ4v) is 1.04. The summed E-state index contributed by atoms with van der Waals surface area (Å²) in [6, 6.07) is 0. The van der Waals surface area contributed by atoms with Gasteiger partial charge in [-0.2, -0.15) is 12.6 Å². The summed E-state index contributed by atoms with van der Waals surface area (Å²) in [5.41, 5.74) is 0. The van der Waals surface area contributed by atoms with Crippen LogP contribution in [0, 0.1) is 0 Å². The van der Waals surface area contributed by atoms with Crippen LogP contribution in [0.4, 0.5) is 0 Å². The molecule has 1 aliphatic rings. The van der Waals surface area contributed by atoms with Crippen LogP contribution < -0.4 is 5.32 Å². The van der Waals surface area contributed by atoms with Gasteiger partial charge < -0.3 is 5.32 Å². The fourth-order valence-electron chi connectivity index (χ4n) is 0.791. The quantitative estimate of drug-likeness (QED) is 0.443. The number of nitrogens with one attached hydrogen (secondary N) is 1. The van der Waals surface area contributed by atoms with E-state index < -0.39 is 0 Å². The predicted octanol–water partition coefficient (Wildman–Crippen LogP) is -0.223. The molecule has 1 saturated heterocycles. The maximum atomic E-state index is 4.32. The highest BCUT2D eigenvalue weighted by molar-refractivity contribution is 7.80. The largest absolute Gasteiger partial charge is 0.313 e. The molecule has 0 aromatic heterocycles. The molecule has 1 fully saturated rings. The Labute approximate surface area is 55.7 Å². The van der Waals surface area contributed by atoms with Gasteiger partial charge in [0.15, 0.2) is 0 Å². The van der Waals surface area contributed by atoms with Gasteiger partial charge in [-0.25, -0.2) is 0 Å². The van der Waals surface area contributed by atoms with E-state index in [0.717, 1.165) is 19.6 Å². The van der Waals surface area contributed by atoms with E-state index in [1.165, 1.54) is 0 Å². The van der Waals surface area contributed by atoms with E-state index in [1.54, 1.807) is 0 Å². The molecular formula is C5H12N2S. The van der Waals surface area contributed by atoms with Gasteiger partial charge in [-0.3, -0.25) is 4.90 Å². The van der Waals surface area contributed by atoms with Crippen LogP contribution >= 0.6 is 12.6 Å². The highest BCUT2D eigenvalue weighted by Gasteiger charge is 2.12. The van der Waals surface area contributed by atoms with Gasteiger partial charge in [0, 0.05) is 19.6 Å². The first-order valence-electron chi connectivity index (χ1n) is 2.90. The van der Waals surface area contributed by atoms with Crippen molar-refractivity contribution >= 4 is 12.6 Å². The van der Waals surface area contributed by atoms with E-state index in [4.69, 9.17) is 0 Å². The fraction of sp³-hybridized carbons (Fsp3) is 1.00. The topological polar surface area (TPSA) is 15.3 Å². The number of hydrogen-bond acceptors (Lipinski definition) is 3. The highest BCUT2D eigenvalue weighted by Crippen LogP contribution is 2.01. The highest BCUT2D eigenvalue weighted by atomic mass is 32.1. The number of likely N-dealkylation sites (N-methyl/N-ethyl adjacent to an activating group) is 1. The van der Waals surface area contributed by atoms with Gasteiger partial charge >= 0.3 is 0 Å². The molecule has 0 spiro atoms. The number of piperazine rings is 1. The zero-order valence-corrected chi connectivity index (χ0v) is 5.99. The average molecular weight is 132 g/mol. The lowest BCUT2D eigenvalue weighted by atomic mass is 10.4. The Morgan fingerprint density at radius 2 is 2.50 bits per heavy atom. The monoisotopic (exact) mass is 132 g/mol. The average Bonchev–Trinajstić information content (AvgIpc) is 1.77. The number of rotatable bonds is 0. The Balaban J connectivity index is 2.28. The minimum atomic E-state index is 0.420.